The first-order valence-corrected chi connectivity index (χ1v) is 9.38. The number of halogens is 3. The third kappa shape index (κ3) is 7.75. The number of amides is 2. The molecule has 6 nitrogen and oxygen atoms in total. The van der Waals surface area contributed by atoms with E-state index in [-0.39, 0.29) is 36.7 Å². The maximum atomic E-state index is 12.2. The first kappa shape index (κ1) is 22.0. The van der Waals surface area contributed by atoms with E-state index in [1.54, 1.807) is 7.05 Å². The van der Waals surface area contributed by atoms with Gasteiger partial charge in [0, 0.05) is 11.7 Å². The first-order valence-electron chi connectivity index (χ1n) is 9.38. The van der Waals surface area contributed by atoms with Crippen molar-refractivity contribution in [3.05, 3.63) is 24.3 Å². The van der Waals surface area contributed by atoms with Gasteiger partial charge in [0.15, 0.2) is 13.1 Å². The molecule has 3 N–H and O–H groups in total. The minimum Gasteiger partial charge on any atom is -0.406 e. The van der Waals surface area contributed by atoms with Crippen LogP contribution >= 0.6 is 0 Å². The van der Waals surface area contributed by atoms with E-state index in [0.29, 0.717) is 11.6 Å². The Labute approximate surface area is 162 Å². The van der Waals surface area contributed by atoms with E-state index in [1.807, 2.05) is 0 Å². The summed E-state index contributed by atoms with van der Waals surface area (Å²) in [5.74, 6) is -0.314. The van der Waals surface area contributed by atoms with E-state index in [2.05, 4.69) is 22.3 Å². The molecule has 1 aromatic carbocycles. The van der Waals surface area contributed by atoms with E-state index in [0.717, 1.165) is 36.3 Å². The average Bonchev–Trinajstić information content (AvgIpc) is 2.57. The molecule has 0 heterocycles. The SMILES string of the molecule is C[C@@H]1CCCC[C@H]1NC(=O)C[NH+](C)CC(=O)Nc1ccc(OC(F)(F)F)cc1. The lowest BCUT2D eigenvalue weighted by Crippen LogP contribution is -3.11. The number of rotatable bonds is 7. The van der Waals surface area contributed by atoms with Gasteiger partial charge in [-0.2, -0.15) is 0 Å². The van der Waals surface area contributed by atoms with Crippen LogP contribution in [0.2, 0.25) is 0 Å². The molecular formula is C19H27F3N3O3+. The smallest absolute Gasteiger partial charge is 0.406 e. The lowest BCUT2D eigenvalue weighted by molar-refractivity contribution is -0.862. The number of likely N-dealkylation sites (N-methyl/N-ethyl adjacent to an activating group) is 1. The first-order chi connectivity index (χ1) is 13.1. The van der Waals surface area contributed by atoms with Crippen LogP contribution in [0.4, 0.5) is 18.9 Å². The minimum absolute atomic E-state index is 0.0639. The zero-order chi connectivity index (χ0) is 20.7. The van der Waals surface area contributed by atoms with Gasteiger partial charge in [0.25, 0.3) is 11.8 Å². The Morgan fingerprint density at radius 1 is 1.11 bits per heavy atom. The summed E-state index contributed by atoms with van der Waals surface area (Å²) >= 11 is 0. The molecule has 0 saturated heterocycles. The number of hydrogen-bond acceptors (Lipinski definition) is 3. The topological polar surface area (TPSA) is 71.9 Å². The molecule has 156 valence electrons. The van der Waals surface area contributed by atoms with Gasteiger partial charge in [0.05, 0.1) is 7.05 Å². The van der Waals surface area contributed by atoms with Gasteiger partial charge < -0.3 is 20.3 Å². The molecule has 0 bridgehead atoms. The zero-order valence-corrected chi connectivity index (χ0v) is 16.1. The number of nitrogens with one attached hydrogen (secondary N) is 3. The van der Waals surface area contributed by atoms with Crippen molar-refractivity contribution in [1.82, 2.24) is 5.32 Å². The van der Waals surface area contributed by atoms with Gasteiger partial charge in [-0.05, 0) is 43.0 Å². The van der Waals surface area contributed by atoms with Crippen LogP contribution in [0.5, 0.6) is 5.75 Å². The van der Waals surface area contributed by atoms with Crippen molar-refractivity contribution in [2.45, 2.75) is 45.0 Å². The van der Waals surface area contributed by atoms with Gasteiger partial charge >= 0.3 is 6.36 Å². The molecule has 1 fully saturated rings. The number of carbonyl (C=O) groups is 2. The van der Waals surface area contributed by atoms with Crippen LogP contribution < -0.4 is 20.3 Å². The van der Waals surface area contributed by atoms with Crippen LogP contribution in [-0.4, -0.2) is 44.4 Å². The summed E-state index contributed by atoms with van der Waals surface area (Å²) < 4.78 is 40.2. The van der Waals surface area contributed by atoms with Gasteiger partial charge in [-0.1, -0.05) is 19.8 Å². The average molecular weight is 402 g/mol. The Hall–Kier alpha value is -2.29. The predicted octanol–water partition coefficient (Wildman–Crippen LogP) is 1.73. The van der Waals surface area contributed by atoms with Crippen molar-refractivity contribution in [3.63, 3.8) is 0 Å². The Kier molecular flexibility index (Phi) is 7.68. The van der Waals surface area contributed by atoms with E-state index >= 15 is 0 Å². The number of alkyl halides is 3. The highest BCUT2D eigenvalue weighted by Gasteiger charge is 2.31. The van der Waals surface area contributed by atoms with Crippen molar-refractivity contribution in [1.29, 1.82) is 0 Å². The maximum absolute atomic E-state index is 12.2. The molecule has 3 atom stereocenters. The summed E-state index contributed by atoms with van der Waals surface area (Å²) in [5.41, 5.74) is 0.354. The van der Waals surface area contributed by atoms with E-state index < -0.39 is 6.36 Å². The Balaban J connectivity index is 1.75. The van der Waals surface area contributed by atoms with Crippen LogP contribution in [0.25, 0.3) is 0 Å². The zero-order valence-electron chi connectivity index (χ0n) is 16.1. The summed E-state index contributed by atoms with van der Waals surface area (Å²) in [6.07, 6.45) is -0.342. The predicted molar refractivity (Wildman–Crippen MR) is 97.9 cm³/mol. The van der Waals surface area contributed by atoms with Gasteiger partial charge in [-0.15, -0.1) is 13.2 Å². The summed E-state index contributed by atoms with van der Waals surface area (Å²) in [5, 5.41) is 5.65. The molecule has 0 radical (unpaired) electrons. The van der Waals surface area contributed by atoms with Gasteiger partial charge in [-0.3, -0.25) is 9.59 Å². The third-order valence-corrected chi connectivity index (χ3v) is 4.75. The van der Waals surface area contributed by atoms with Crippen molar-refractivity contribution in [2.24, 2.45) is 5.92 Å². The van der Waals surface area contributed by atoms with Crippen molar-refractivity contribution in [3.8, 4) is 5.75 Å². The maximum Gasteiger partial charge on any atom is 0.573 e. The molecule has 2 rings (SSSR count). The Morgan fingerprint density at radius 3 is 2.32 bits per heavy atom. The molecule has 1 aliphatic carbocycles. The number of ether oxygens (including phenoxy) is 1. The summed E-state index contributed by atoms with van der Waals surface area (Å²) in [6.45, 7) is 2.38. The summed E-state index contributed by atoms with van der Waals surface area (Å²) in [6, 6.07) is 5.09. The van der Waals surface area contributed by atoms with Crippen LogP contribution in [-0.2, 0) is 9.59 Å². The van der Waals surface area contributed by atoms with Crippen molar-refractivity contribution < 1.29 is 32.4 Å². The summed E-state index contributed by atoms with van der Waals surface area (Å²) in [4.78, 5) is 25.0. The number of carbonyl (C=O) groups excluding carboxylic acids is 2. The highest BCUT2D eigenvalue weighted by Crippen LogP contribution is 2.24. The molecule has 9 heteroatoms. The van der Waals surface area contributed by atoms with Crippen LogP contribution in [0.3, 0.4) is 0 Å². The normalized spacial score (nSPS) is 20.9. The van der Waals surface area contributed by atoms with Gasteiger partial charge in [-0.25, -0.2) is 0 Å². The highest BCUT2D eigenvalue weighted by molar-refractivity contribution is 5.91. The fourth-order valence-corrected chi connectivity index (χ4v) is 3.34. The molecule has 0 aromatic heterocycles. The Bertz CT molecular complexity index is 665. The van der Waals surface area contributed by atoms with Gasteiger partial charge in [0.2, 0.25) is 0 Å². The molecule has 28 heavy (non-hydrogen) atoms. The van der Waals surface area contributed by atoms with E-state index in [4.69, 9.17) is 0 Å². The van der Waals surface area contributed by atoms with Crippen LogP contribution in [0.1, 0.15) is 32.6 Å². The summed E-state index contributed by atoms with van der Waals surface area (Å²) in [7, 11) is 1.74. The monoisotopic (exact) mass is 402 g/mol. The molecule has 1 aliphatic rings. The van der Waals surface area contributed by atoms with Crippen LogP contribution in [0.15, 0.2) is 24.3 Å². The quantitative estimate of drug-likeness (QED) is 0.651. The van der Waals surface area contributed by atoms with Crippen molar-refractivity contribution in [2.75, 3.05) is 25.5 Å². The molecule has 0 spiro atoms. The Morgan fingerprint density at radius 2 is 1.71 bits per heavy atom. The lowest BCUT2D eigenvalue weighted by atomic mass is 9.86. The highest BCUT2D eigenvalue weighted by atomic mass is 19.4. The second kappa shape index (κ2) is 9.77. The molecule has 1 aromatic rings. The molecule has 2 amide bonds. The molecule has 1 saturated carbocycles. The van der Waals surface area contributed by atoms with Crippen LogP contribution in [0, 0.1) is 5.92 Å². The second-order valence-electron chi connectivity index (χ2n) is 7.37. The molecule has 0 aliphatic heterocycles. The fraction of sp³-hybridized carbons (Fsp3) is 0.579. The lowest BCUT2D eigenvalue weighted by Gasteiger charge is -2.29. The second-order valence-corrected chi connectivity index (χ2v) is 7.37. The van der Waals surface area contributed by atoms with Gasteiger partial charge in [0.1, 0.15) is 5.75 Å². The van der Waals surface area contributed by atoms with E-state index in [9.17, 15) is 22.8 Å². The number of hydrogen-bond donors (Lipinski definition) is 3. The van der Waals surface area contributed by atoms with Crippen molar-refractivity contribution >= 4 is 17.5 Å². The molecular weight excluding hydrogens is 375 g/mol. The largest absolute Gasteiger partial charge is 0.573 e. The molecule has 1 unspecified atom stereocenters. The number of quaternary nitrogens is 1. The fourth-order valence-electron chi connectivity index (χ4n) is 3.34. The minimum atomic E-state index is -4.76. The third-order valence-electron chi connectivity index (χ3n) is 4.75. The number of anilines is 1. The van der Waals surface area contributed by atoms with E-state index in [1.165, 1.54) is 18.6 Å². The number of benzene rings is 1. The standard InChI is InChI=1S/C19H26F3N3O3/c1-13-5-3-4-6-16(13)24-18(27)12-25(2)11-17(26)23-14-7-9-15(10-8-14)28-19(20,21)22/h7-10,13,16H,3-6,11-12H2,1-2H3,(H,23,26)(H,24,27)/p+1/t13-,16-/m1/s1.